The Balaban J connectivity index is 1.78. The summed E-state index contributed by atoms with van der Waals surface area (Å²) in [5, 5.41) is 0.818. The van der Waals surface area contributed by atoms with Gasteiger partial charge in [0.25, 0.3) is 0 Å². The van der Waals surface area contributed by atoms with Gasteiger partial charge in [-0.3, -0.25) is 0 Å². The topological polar surface area (TPSA) is 58.6 Å². The second-order valence-electron chi connectivity index (χ2n) is 7.25. The summed E-state index contributed by atoms with van der Waals surface area (Å²) in [6.45, 7) is 0.472. The van der Waals surface area contributed by atoms with Gasteiger partial charge in [0.05, 0.1) is 27.1 Å². The van der Waals surface area contributed by atoms with Crippen molar-refractivity contribution in [2.75, 3.05) is 20.6 Å². The Hall–Kier alpha value is -1.31. The minimum Gasteiger partial charge on any atom is -0.490 e. The van der Waals surface area contributed by atoms with Gasteiger partial charge < -0.3 is 9.64 Å². The molecule has 0 aliphatic heterocycles. The monoisotopic (exact) mass is 442 g/mol. The molecule has 0 amide bonds. The molecular formula is C20H24Cl2N2O3S. The van der Waals surface area contributed by atoms with Gasteiger partial charge in [0.2, 0.25) is 10.0 Å². The lowest BCUT2D eigenvalue weighted by Crippen LogP contribution is -2.35. The largest absolute Gasteiger partial charge is 0.490 e. The zero-order valence-corrected chi connectivity index (χ0v) is 18.2. The van der Waals surface area contributed by atoms with Crippen molar-refractivity contribution in [1.29, 1.82) is 0 Å². The van der Waals surface area contributed by atoms with Gasteiger partial charge in [-0.05, 0) is 75.3 Å². The van der Waals surface area contributed by atoms with Crippen LogP contribution in [-0.2, 0) is 10.0 Å². The molecule has 8 heteroatoms. The molecule has 0 radical (unpaired) electrons. The molecule has 1 aliphatic rings. The maximum absolute atomic E-state index is 12.9. The van der Waals surface area contributed by atoms with Crippen LogP contribution >= 0.6 is 23.2 Å². The van der Waals surface area contributed by atoms with Crippen LogP contribution in [0.2, 0.25) is 10.0 Å². The maximum atomic E-state index is 12.9. The number of nitrogens with zero attached hydrogens (tertiary/aromatic N) is 1. The first-order valence-corrected chi connectivity index (χ1v) is 11.4. The molecule has 0 heterocycles. The number of hydrogen-bond donors (Lipinski definition) is 1. The van der Waals surface area contributed by atoms with Crippen LogP contribution < -0.4 is 9.46 Å². The van der Waals surface area contributed by atoms with Crippen LogP contribution in [0.25, 0.3) is 0 Å². The van der Waals surface area contributed by atoms with Crippen molar-refractivity contribution in [3.8, 4) is 5.75 Å². The molecule has 2 aromatic rings. The third-order valence-corrected chi connectivity index (χ3v) is 6.91. The minimum atomic E-state index is -3.72. The van der Waals surface area contributed by atoms with Gasteiger partial charge in [-0.25, -0.2) is 13.1 Å². The Morgan fingerprint density at radius 1 is 1.11 bits per heavy atom. The average Bonchev–Trinajstić information content (AvgIpc) is 2.60. The van der Waals surface area contributed by atoms with Crippen LogP contribution in [0.15, 0.2) is 47.4 Å². The number of halogens is 2. The maximum Gasteiger partial charge on any atom is 0.241 e. The SMILES string of the molecule is CN(C)C[C@@H](NS(=O)(=O)c1ccc(OC2CCC2)cc1)c1ccc(Cl)c(Cl)c1. The Morgan fingerprint density at radius 2 is 1.79 bits per heavy atom. The van der Waals surface area contributed by atoms with Gasteiger partial charge in [0.15, 0.2) is 0 Å². The molecule has 1 saturated carbocycles. The number of nitrogens with one attached hydrogen (secondary N) is 1. The van der Waals surface area contributed by atoms with E-state index in [1.54, 1.807) is 42.5 Å². The van der Waals surface area contributed by atoms with Crippen molar-refractivity contribution in [2.24, 2.45) is 0 Å². The van der Waals surface area contributed by atoms with Crippen molar-refractivity contribution in [2.45, 2.75) is 36.3 Å². The van der Waals surface area contributed by atoms with Gasteiger partial charge >= 0.3 is 0 Å². The summed E-state index contributed by atoms with van der Waals surface area (Å²) in [6.07, 6.45) is 3.54. The van der Waals surface area contributed by atoms with E-state index in [-0.39, 0.29) is 11.0 Å². The summed E-state index contributed by atoms with van der Waals surface area (Å²) in [5.41, 5.74) is 0.747. The standard InChI is InChI=1S/C20H24Cl2N2O3S/c1-24(2)13-20(14-6-11-18(21)19(22)12-14)23-28(25,26)17-9-7-16(8-10-17)27-15-4-3-5-15/h6-12,15,20,23H,3-5,13H2,1-2H3/t20-/m1/s1. The van der Waals surface area contributed by atoms with E-state index < -0.39 is 16.1 Å². The first kappa shape index (κ1) is 21.4. The van der Waals surface area contributed by atoms with Crippen molar-refractivity contribution in [3.05, 3.63) is 58.1 Å². The summed E-state index contributed by atoms with van der Waals surface area (Å²) in [7, 11) is 0.0394. The lowest BCUT2D eigenvalue weighted by atomic mass is 9.96. The summed E-state index contributed by atoms with van der Waals surface area (Å²) < 4.78 is 34.4. The Kier molecular flexibility index (Phi) is 6.89. The Labute approximate surface area is 176 Å². The van der Waals surface area contributed by atoms with E-state index >= 15 is 0 Å². The first-order valence-electron chi connectivity index (χ1n) is 9.13. The van der Waals surface area contributed by atoms with E-state index in [0.717, 1.165) is 18.4 Å². The normalized spacial score (nSPS) is 16.0. The molecule has 0 unspecified atom stereocenters. The second-order valence-corrected chi connectivity index (χ2v) is 9.78. The summed E-state index contributed by atoms with van der Waals surface area (Å²) in [4.78, 5) is 2.10. The van der Waals surface area contributed by atoms with Gasteiger partial charge in [-0.2, -0.15) is 0 Å². The van der Waals surface area contributed by atoms with E-state index in [1.165, 1.54) is 6.42 Å². The van der Waals surface area contributed by atoms with Crippen LogP contribution in [0, 0.1) is 0 Å². The lowest BCUT2D eigenvalue weighted by molar-refractivity contribution is 0.120. The fraction of sp³-hybridized carbons (Fsp3) is 0.400. The van der Waals surface area contributed by atoms with Crippen LogP contribution in [0.5, 0.6) is 5.75 Å². The molecule has 2 aromatic carbocycles. The zero-order valence-electron chi connectivity index (χ0n) is 15.9. The third-order valence-electron chi connectivity index (χ3n) is 4.68. The highest BCUT2D eigenvalue weighted by atomic mass is 35.5. The Bertz CT molecular complexity index is 914. The van der Waals surface area contributed by atoms with Crippen LogP contribution in [0.1, 0.15) is 30.9 Å². The molecule has 5 nitrogen and oxygen atoms in total. The molecule has 28 heavy (non-hydrogen) atoms. The van der Waals surface area contributed by atoms with Crippen molar-refractivity contribution in [3.63, 3.8) is 0 Å². The number of likely N-dealkylation sites (N-methyl/N-ethyl adjacent to an activating group) is 1. The summed E-state index contributed by atoms with van der Waals surface area (Å²) in [5.74, 6) is 0.693. The van der Waals surface area contributed by atoms with Gasteiger partial charge in [0.1, 0.15) is 5.75 Å². The number of sulfonamides is 1. The quantitative estimate of drug-likeness (QED) is 0.653. The van der Waals surface area contributed by atoms with Crippen LogP contribution in [0.4, 0.5) is 0 Å². The fourth-order valence-corrected chi connectivity index (χ4v) is 4.46. The molecule has 1 fully saturated rings. The predicted octanol–water partition coefficient (Wildman–Crippen LogP) is 4.51. The molecule has 1 aliphatic carbocycles. The smallest absolute Gasteiger partial charge is 0.241 e. The highest BCUT2D eigenvalue weighted by Gasteiger charge is 2.23. The van der Waals surface area contributed by atoms with Crippen LogP contribution in [0.3, 0.4) is 0 Å². The first-order chi connectivity index (χ1) is 13.2. The molecule has 0 bridgehead atoms. The molecule has 0 aromatic heterocycles. The Morgan fingerprint density at radius 3 is 2.32 bits per heavy atom. The molecule has 1 atom stereocenters. The van der Waals surface area contributed by atoms with E-state index in [0.29, 0.717) is 22.3 Å². The molecule has 3 rings (SSSR count). The van der Waals surface area contributed by atoms with Crippen molar-refractivity contribution < 1.29 is 13.2 Å². The summed E-state index contributed by atoms with van der Waals surface area (Å²) >= 11 is 12.1. The molecule has 0 spiro atoms. The van der Waals surface area contributed by atoms with E-state index in [9.17, 15) is 8.42 Å². The predicted molar refractivity (Wildman–Crippen MR) is 113 cm³/mol. The minimum absolute atomic E-state index is 0.192. The molecule has 1 N–H and O–H groups in total. The number of hydrogen-bond acceptors (Lipinski definition) is 4. The van der Waals surface area contributed by atoms with Crippen LogP contribution in [-0.4, -0.2) is 40.1 Å². The highest BCUT2D eigenvalue weighted by Crippen LogP contribution is 2.28. The van der Waals surface area contributed by atoms with Gasteiger partial charge in [-0.15, -0.1) is 0 Å². The molecular weight excluding hydrogens is 419 g/mol. The van der Waals surface area contributed by atoms with Gasteiger partial charge in [0, 0.05) is 6.54 Å². The van der Waals surface area contributed by atoms with Crippen molar-refractivity contribution >= 4 is 33.2 Å². The number of benzene rings is 2. The highest BCUT2D eigenvalue weighted by molar-refractivity contribution is 7.89. The molecule has 152 valence electrons. The summed E-state index contributed by atoms with van der Waals surface area (Å²) in [6, 6.07) is 11.2. The fourth-order valence-electron chi connectivity index (χ4n) is 2.94. The average molecular weight is 443 g/mol. The van der Waals surface area contributed by atoms with E-state index in [4.69, 9.17) is 27.9 Å². The van der Waals surface area contributed by atoms with Crippen molar-refractivity contribution in [1.82, 2.24) is 9.62 Å². The van der Waals surface area contributed by atoms with Gasteiger partial charge in [-0.1, -0.05) is 29.3 Å². The number of rotatable bonds is 8. The lowest BCUT2D eigenvalue weighted by Gasteiger charge is -2.26. The zero-order chi connectivity index (χ0) is 20.3. The van der Waals surface area contributed by atoms with E-state index in [2.05, 4.69) is 4.72 Å². The molecule has 0 saturated heterocycles. The number of ether oxygens (including phenoxy) is 1. The van der Waals surface area contributed by atoms with E-state index in [1.807, 2.05) is 19.0 Å². The third kappa shape index (κ3) is 5.39. The second kappa shape index (κ2) is 9.01.